The van der Waals surface area contributed by atoms with Gasteiger partial charge in [0.1, 0.15) is 22.6 Å². The predicted octanol–water partition coefficient (Wildman–Crippen LogP) is 14.2. The van der Waals surface area contributed by atoms with Crippen LogP contribution in [0.25, 0.3) is 65.7 Å². The second kappa shape index (κ2) is 13.5. The third-order valence-corrected chi connectivity index (χ3v) is 10.4. The monoisotopic (exact) mass is 706 g/mol. The Hall–Kier alpha value is -7.43. The lowest BCUT2D eigenvalue weighted by atomic mass is 9.96. The van der Waals surface area contributed by atoms with Gasteiger partial charge in [-0.3, -0.25) is 4.99 Å². The molecule has 0 saturated heterocycles. The minimum Gasteiger partial charge on any atom is -0.506 e. The molecule has 4 nitrogen and oxygen atoms in total. The zero-order valence-electron chi connectivity index (χ0n) is 29.8. The number of fused-ring (bicyclic) bond motifs is 6. The molecule has 9 aromatic carbocycles. The van der Waals surface area contributed by atoms with Crippen molar-refractivity contribution in [2.24, 2.45) is 4.99 Å². The van der Waals surface area contributed by atoms with Crippen molar-refractivity contribution in [3.05, 3.63) is 200 Å². The summed E-state index contributed by atoms with van der Waals surface area (Å²) < 4.78 is 6.75. The van der Waals surface area contributed by atoms with Gasteiger partial charge in [-0.15, -0.1) is 0 Å². The van der Waals surface area contributed by atoms with Crippen molar-refractivity contribution in [1.29, 1.82) is 0 Å². The second-order valence-corrected chi connectivity index (χ2v) is 13.8. The van der Waals surface area contributed by atoms with Gasteiger partial charge in [-0.05, 0) is 111 Å². The van der Waals surface area contributed by atoms with E-state index < -0.39 is 0 Å². The number of hydrogen-bond donors (Lipinski definition) is 1. The van der Waals surface area contributed by atoms with Crippen LogP contribution in [0.4, 0.5) is 22.7 Å². The number of hydrogen-bond acceptors (Lipinski definition) is 4. The van der Waals surface area contributed by atoms with E-state index >= 15 is 0 Å². The van der Waals surface area contributed by atoms with Crippen molar-refractivity contribution in [1.82, 2.24) is 0 Å². The molecule has 10 rings (SSSR count). The van der Waals surface area contributed by atoms with Crippen LogP contribution in [0.2, 0.25) is 0 Å². The fourth-order valence-electron chi connectivity index (χ4n) is 7.64. The van der Waals surface area contributed by atoms with Crippen molar-refractivity contribution in [3.8, 4) is 28.0 Å². The van der Waals surface area contributed by atoms with E-state index in [1.165, 1.54) is 21.9 Å². The summed E-state index contributed by atoms with van der Waals surface area (Å²) in [7, 11) is 0. The molecule has 0 atom stereocenters. The molecule has 0 amide bonds. The third kappa shape index (κ3) is 5.96. The molecule has 0 bridgehead atoms. The zero-order valence-corrected chi connectivity index (χ0v) is 29.8. The molecule has 1 heterocycles. The summed E-state index contributed by atoms with van der Waals surface area (Å²) in [6.07, 6.45) is 1.76. The highest BCUT2D eigenvalue weighted by molar-refractivity contribution is 6.22. The van der Waals surface area contributed by atoms with Gasteiger partial charge in [0.25, 0.3) is 0 Å². The van der Waals surface area contributed by atoms with Crippen LogP contribution in [0.3, 0.4) is 0 Å². The smallest absolute Gasteiger partial charge is 0.143 e. The van der Waals surface area contributed by atoms with Crippen molar-refractivity contribution in [2.45, 2.75) is 0 Å². The van der Waals surface area contributed by atoms with Gasteiger partial charge in [-0.1, -0.05) is 127 Å². The number of para-hydroxylation sites is 2. The topological polar surface area (TPSA) is 49.0 Å². The Morgan fingerprint density at radius 2 is 1.11 bits per heavy atom. The van der Waals surface area contributed by atoms with E-state index in [9.17, 15) is 5.11 Å². The van der Waals surface area contributed by atoms with E-state index in [2.05, 4.69) is 162 Å². The van der Waals surface area contributed by atoms with Gasteiger partial charge >= 0.3 is 0 Å². The minimum absolute atomic E-state index is 0.145. The van der Waals surface area contributed by atoms with E-state index in [-0.39, 0.29) is 5.75 Å². The van der Waals surface area contributed by atoms with Crippen LogP contribution in [0.15, 0.2) is 204 Å². The number of phenolic OH excluding ortho intramolecular Hbond substituents is 1. The normalized spacial score (nSPS) is 11.6. The summed E-state index contributed by atoms with van der Waals surface area (Å²) in [5, 5.41) is 17.0. The zero-order chi connectivity index (χ0) is 36.7. The quantitative estimate of drug-likeness (QED) is 0.168. The Labute approximate surface area is 318 Å². The van der Waals surface area contributed by atoms with E-state index in [1.807, 2.05) is 24.3 Å². The molecule has 260 valence electrons. The summed E-state index contributed by atoms with van der Waals surface area (Å²) in [6.45, 7) is 0. The van der Waals surface area contributed by atoms with Crippen LogP contribution in [0.5, 0.6) is 5.75 Å². The van der Waals surface area contributed by atoms with Crippen molar-refractivity contribution in [3.63, 3.8) is 0 Å². The van der Waals surface area contributed by atoms with Crippen molar-refractivity contribution >= 4 is 72.4 Å². The number of anilines is 3. The van der Waals surface area contributed by atoms with E-state index in [0.717, 1.165) is 66.5 Å². The number of phenols is 1. The third-order valence-electron chi connectivity index (χ3n) is 10.4. The lowest BCUT2D eigenvalue weighted by molar-refractivity contribution is 0.477. The number of rotatable bonds is 7. The Morgan fingerprint density at radius 1 is 0.473 bits per heavy atom. The highest BCUT2D eigenvalue weighted by Gasteiger charge is 2.18. The van der Waals surface area contributed by atoms with Crippen LogP contribution in [0.1, 0.15) is 5.56 Å². The maximum atomic E-state index is 10.2. The van der Waals surface area contributed by atoms with Crippen molar-refractivity contribution in [2.75, 3.05) is 4.90 Å². The molecule has 0 spiro atoms. The minimum atomic E-state index is 0.145. The second-order valence-electron chi connectivity index (χ2n) is 13.8. The predicted molar refractivity (Wildman–Crippen MR) is 230 cm³/mol. The van der Waals surface area contributed by atoms with E-state index in [0.29, 0.717) is 5.69 Å². The first-order valence-electron chi connectivity index (χ1n) is 18.4. The molecule has 0 radical (unpaired) electrons. The lowest BCUT2D eigenvalue weighted by Gasteiger charge is -2.26. The maximum absolute atomic E-state index is 10.2. The molecular formula is C51H34N2O2. The van der Waals surface area contributed by atoms with Crippen LogP contribution in [-0.4, -0.2) is 11.3 Å². The number of nitrogens with zero attached hydrogens (tertiary/aromatic N) is 2. The number of benzene rings is 9. The number of furan rings is 1. The van der Waals surface area contributed by atoms with Gasteiger partial charge in [-0.25, -0.2) is 0 Å². The fraction of sp³-hybridized carbons (Fsp3) is 0. The van der Waals surface area contributed by atoms with Crippen LogP contribution in [0, 0.1) is 0 Å². The molecule has 0 aliphatic carbocycles. The molecule has 0 unspecified atom stereocenters. The molecule has 1 N–H and O–H groups in total. The maximum Gasteiger partial charge on any atom is 0.143 e. The summed E-state index contributed by atoms with van der Waals surface area (Å²) in [5.41, 5.74) is 10.7. The first-order valence-corrected chi connectivity index (χ1v) is 18.4. The Kier molecular flexibility index (Phi) is 7.93. The Morgan fingerprint density at radius 3 is 1.89 bits per heavy atom. The molecule has 1 aromatic heterocycles. The van der Waals surface area contributed by atoms with Crippen molar-refractivity contribution < 1.29 is 9.52 Å². The van der Waals surface area contributed by atoms with Gasteiger partial charge in [0.05, 0.1) is 0 Å². The standard InChI is InChI=1S/C51H34N2O2/c54-48-17-9-8-16-47(48)52-33-34-18-29-45-49(30-34)55-51-46(32-40-14-6-7-15-44(40)50(45)51)38-22-26-42(27-23-38)53(43-28-21-36-12-4-5-13-39(36)31-43)41-24-19-37(20-25-41)35-10-2-1-3-11-35/h1-33,54H. The number of aromatic hydroxyl groups is 1. The summed E-state index contributed by atoms with van der Waals surface area (Å²) in [4.78, 5) is 6.85. The molecule has 0 aliphatic rings. The molecule has 0 aliphatic heterocycles. The molecule has 0 fully saturated rings. The summed E-state index contributed by atoms with van der Waals surface area (Å²) >= 11 is 0. The van der Waals surface area contributed by atoms with Crippen LogP contribution < -0.4 is 4.90 Å². The largest absolute Gasteiger partial charge is 0.506 e. The summed E-state index contributed by atoms with van der Waals surface area (Å²) in [5.74, 6) is 0.145. The van der Waals surface area contributed by atoms with Gasteiger partial charge in [0.15, 0.2) is 0 Å². The first kappa shape index (κ1) is 32.2. The fourth-order valence-corrected chi connectivity index (χ4v) is 7.64. The molecule has 10 aromatic rings. The molecule has 55 heavy (non-hydrogen) atoms. The van der Waals surface area contributed by atoms with Crippen LogP contribution in [-0.2, 0) is 0 Å². The lowest BCUT2D eigenvalue weighted by Crippen LogP contribution is -2.09. The molecular weight excluding hydrogens is 673 g/mol. The van der Waals surface area contributed by atoms with Gasteiger partial charge in [0.2, 0.25) is 0 Å². The van der Waals surface area contributed by atoms with Crippen LogP contribution >= 0.6 is 0 Å². The Bertz CT molecular complexity index is 3040. The number of aliphatic imine (C=N–C) groups is 1. The highest BCUT2D eigenvalue weighted by atomic mass is 16.3. The first-order chi connectivity index (χ1) is 27.2. The molecule has 0 saturated carbocycles. The average molecular weight is 707 g/mol. The highest BCUT2D eigenvalue weighted by Crippen LogP contribution is 2.43. The van der Waals surface area contributed by atoms with Gasteiger partial charge in [0, 0.05) is 39.6 Å². The van der Waals surface area contributed by atoms with Gasteiger partial charge < -0.3 is 14.4 Å². The van der Waals surface area contributed by atoms with E-state index in [1.54, 1.807) is 24.4 Å². The van der Waals surface area contributed by atoms with E-state index in [4.69, 9.17) is 4.42 Å². The van der Waals surface area contributed by atoms with Gasteiger partial charge in [-0.2, -0.15) is 0 Å². The Balaban J connectivity index is 1.07. The molecule has 4 heteroatoms. The summed E-state index contributed by atoms with van der Waals surface area (Å²) in [6, 6.07) is 67.2. The SMILES string of the molecule is Oc1ccccc1N=Cc1ccc2c(c1)oc1c(-c3ccc(N(c4ccc(-c5ccccc5)cc4)c4ccc5ccccc5c4)cc3)cc3ccccc3c12. The average Bonchev–Trinajstić information content (AvgIpc) is 3.63.